The Labute approximate surface area is 103 Å². The van der Waals surface area contributed by atoms with Gasteiger partial charge in [-0.3, -0.25) is 9.69 Å². The highest BCUT2D eigenvalue weighted by atomic mass is 16.5. The lowest BCUT2D eigenvalue weighted by Gasteiger charge is -2.24. The van der Waals surface area contributed by atoms with E-state index in [2.05, 4.69) is 17.1 Å². The summed E-state index contributed by atoms with van der Waals surface area (Å²) in [5, 5.41) is 12.1. The van der Waals surface area contributed by atoms with E-state index >= 15 is 0 Å². The molecule has 0 saturated carbocycles. The zero-order valence-corrected chi connectivity index (χ0v) is 10.8. The van der Waals surface area contributed by atoms with Crippen LogP contribution in [0.1, 0.15) is 19.8 Å². The standard InChI is InChI=1S/C12H24N2O3/c1-10-4-6-14(11(10)9-15)8-12(16)13-5-3-7-17-2/h10-11,15H,3-9H2,1-2H3,(H,13,16). The topological polar surface area (TPSA) is 61.8 Å². The summed E-state index contributed by atoms with van der Waals surface area (Å²) in [6.45, 7) is 4.87. The van der Waals surface area contributed by atoms with Crippen LogP contribution in [0.2, 0.25) is 0 Å². The second kappa shape index (κ2) is 7.63. The van der Waals surface area contributed by atoms with Crippen LogP contribution in [0, 0.1) is 5.92 Å². The molecule has 2 N–H and O–H groups in total. The lowest BCUT2D eigenvalue weighted by molar-refractivity contribution is -0.122. The van der Waals surface area contributed by atoms with Gasteiger partial charge < -0.3 is 15.2 Å². The van der Waals surface area contributed by atoms with Crippen LogP contribution in [0.3, 0.4) is 0 Å². The summed E-state index contributed by atoms with van der Waals surface area (Å²) in [5.74, 6) is 0.509. The fraction of sp³-hybridized carbons (Fsp3) is 0.917. The maximum Gasteiger partial charge on any atom is 0.234 e. The summed E-state index contributed by atoms with van der Waals surface area (Å²) in [6, 6.07) is 0.139. The van der Waals surface area contributed by atoms with Crippen LogP contribution in [0.15, 0.2) is 0 Å². The maximum atomic E-state index is 11.7. The van der Waals surface area contributed by atoms with E-state index in [9.17, 15) is 9.90 Å². The highest BCUT2D eigenvalue weighted by Crippen LogP contribution is 2.22. The number of carbonyl (C=O) groups excluding carboxylic acids is 1. The molecule has 2 atom stereocenters. The number of nitrogens with zero attached hydrogens (tertiary/aromatic N) is 1. The smallest absolute Gasteiger partial charge is 0.234 e. The molecule has 1 amide bonds. The van der Waals surface area contributed by atoms with Gasteiger partial charge in [0.15, 0.2) is 0 Å². The number of hydrogen-bond acceptors (Lipinski definition) is 4. The molecule has 5 nitrogen and oxygen atoms in total. The Hall–Kier alpha value is -0.650. The molecule has 1 aliphatic heterocycles. The predicted octanol–water partition coefficient (Wildman–Crippen LogP) is -0.158. The van der Waals surface area contributed by atoms with E-state index in [1.165, 1.54) is 0 Å². The molecule has 0 aromatic carbocycles. The van der Waals surface area contributed by atoms with Crippen LogP contribution in [0.4, 0.5) is 0 Å². The minimum absolute atomic E-state index is 0.0358. The maximum absolute atomic E-state index is 11.7. The first-order valence-electron chi connectivity index (χ1n) is 6.29. The summed E-state index contributed by atoms with van der Waals surface area (Å²) >= 11 is 0. The Morgan fingerprint density at radius 3 is 3.00 bits per heavy atom. The fourth-order valence-electron chi connectivity index (χ4n) is 2.26. The Morgan fingerprint density at radius 2 is 2.35 bits per heavy atom. The SMILES string of the molecule is COCCCNC(=O)CN1CCC(C)C1CO. The zero-order chi connectivity index (χ0) is 12.7. The predicted molar refractivity (Wildman–Crippen MR) is 65.7 cm³/mol. The van der Waals surface area contributed by atoms with Crippen molar-refractivity contribution in [1.82, 2.24) is 10.2 Å². The summed E-state index contributed by atoms with van der Waals surface area (Å²) in [4.78, 5) is 13.7. The van der Waals surface area contributed by atoms with Crippen LogP contribution in [0.25, 0.3) is 0 Å². The number of aliphatic hydroxyl groups excluding tert-OH is 1. The summed E-state index contributed by atoms with van der Waals surface area (Å²) in [7, 11) is 1.65. The molecule has 1 saturated heterocycles. The first kappa shape index (κ1) is 14.4. The molecule has 0 bridgehead atoms. The van der Waals surface area contributed by atoms with E-state index in [1.54, 1.807) is 7.11 Å². The number of carbonyl (C=O) groups is 1. The van der Waals surface area contributed by atoms with Crippen LogP contribution in [-0.2, 0) is 9.53 Å². The van der Waals surface area contributed by atoms with Gasteiger partial charge >= 0.3 is 0 Å². The Morgan fingerprint density at radius 1 is 1.59 bits per heavy atom. The van der Waals surface area contributed by atoms with Gasteiger partial charge in [-0.1, -0.05) is 6.92 Å². The second-order valence-electron chi connectivity index (χ2n) is 4.68. The van der Waals surface area contributed by atoms with Gasteiger partial charge in [-0.2, -0.15) is 0 Å². The molecule has 1 fully saturated rings. The van der Waals surface area contributed by atoms with Crippen LogP contribution in [-0.4, -0.2) is 61.9 Å². The average molecular weight is 244 g/mol. The Bertz CT molecular complexity index is 236. The molecular formula is C12H24N2O3. The molecular weight excluding hydrogens is 220 g/mol. The van der Waals surface area contributed by atoms with Crippen molar-refractivity contribution in [3.05, 3.63) is 0 Å². The van der Waals surface area contributed by atoms with E-state index in [1.807, 2.05) is 0 Å². The van der Waals surface area contributed by atoms with E-state index in [4.69, 9.17) is 4.74 Å². The van der Waals surface area contributed by atoms with E-state index in [0.717, 1.165) is 19.4 Å². The summed E-state index contributed by atoms with van der Waals surface area (Å²) in [5.41, 5.74) is 0. The molecule has 1 heterocycles. The second-order valence-corrected chi connectivity index (χ2v) is 4.68. The molecule has 0 radical (unpaired) electrons. The first-order chi connectivity index (χ1) is 8.19. The third-order valence-electron chi connectivity index (χ3n) is 3.38. The van der Waals surface area contributed by atoms with Crippen molar-refractivity contribution in [3.8, 4) is 0 Å². The van der Waals surface area contributed by atoms with Crippen molar-refractivity contribution < 1.29 is 14.6 Å². The van der Waals surface area contributed by atoms with Gasteiger partial charge in [0.2, 0.25) is 5.91 Å². The van der Waals surface area contributed by atoms with E-state index in [0.29, 0.717) is 25.6 Å². The number of methoxy groups -OCH3 is 1. The lowest BCUT2D eigenvalue weighted by Crippen LogP contribution is -2.42. The molecule has 1 aliphatic rings. The monoisotopic (exact) mass is 244 g/mol. The first-order valence-corrected chi connectivity index (χ1v) is 6.29. The third kappa shape index (κ3) is 4.61. The molecule has 0 aromatic rings. The van der Waals surface area contributed by atoms with Crippen molar-refractivity contribution in [2.45, 2.75) is 25.8 Å². The van der Waals surface area contributed by atoms with Gasteiger partial charge in [0.25, 0.3) is 0 Å². The summed E-state index contributed by atoms with van der Waals surface area (Å²) < 4.78 is 4.91. The van der Waals surface area contributed by atoms with Gasteiger partial charge in [0.05, 0.1) is 13.2 Å². The number of nitrogens with one attached hydrogen (secondary N) is 1. The molecule has 0 aliphatic carbocycles. The summed E-state index contributed by atoms with van der Waals surface area (Å²) in [6.07, 6.45) is 1.89. The zero-order valence-electron chi connectivity index (χ0n) is 10.8. The van der Waals surface area contributed by atoms with Gasteiger partial charge in [-0.15, -0.1) is 0 Å². The van der Waals surface area contributed by atoms with Crippen molar-refractivity contribution in [1.29, 1.82) is 0 Å². The number of aliphatic hydroxyl groups is 1. The molecule has 0 aromatic heterocycles. The van der Waals surface area contributed by atoms with Crippen molar-refractivity contribution in [2.75, 3.05) is 40.0 Å². The molecule has 5 heteroatoms. The number of hydrogen-bond donors (Lipinski definition) is 2. The van der Waals surface area contributed by atoms with Gasteiger partial charge in [0, 0.05) is 26.3 Å². The van der Waals surface area contributed by atoms with Crippen LogP contribution < -0.4 is 5.32 Å². The van der Waals surface area contributed by atoms with Crippen LogP contribution in [0.5, 0.6) is 0 Å². The van der Waals surface area contributed by atoms with Gasteiger partial charge in [0.1, 0.15) is 0 Å². The fourth-order valence-corrected chi connectivity index (χ4v) is 2.26. The Balaban J connectivity index is 2.21. The minimum Gasteiger partial charge on any atom is -0.395 e. The van der Waals surface area contributed by atoms with Crippen LogP contribution >= 0.6 is 0 Å². The third-order valence-corrected chi connectivity index (χ3v) is 3.38. The van der Waals surface area contributed by atoms with E-state index < -0.39 is 0 Å². The molecule has 17 heavy (non-hydrogen) atoms. The van der Waals surface area contributed by atoms with Crippen molar-refractivity contribution in [3.63, 3.8) is 0 Å². The molecule has 1 rings (SSSR count). The number of amides is 1. The minimum atomic E-state index is 0.0358. The largest absolute Gasteiger partial charge is 0.395 e. The van der Waals surface area contributed by atoms with Gasteiger partial charge in [-0.05, 0) is 25.3 Å². The molecule has 0 spiro atoms. The van der Waals surface area contributed by atoms with Crippen molar-refractivity contribution >= 4 is 5.91 Å². The van der Waals surface area contributed by atoms with E-state index in [-0.39, 0.29) is 18.6 Å². The number of likely N-dealkylation sites (tertiary alicyclic amines) is 1. The molecule has 2 unspecified atom stereocenters. The Kier molecular flexibility index (Phi) is 6.47. The van der Waals surface area contributed by atoms with Crippen molar-refractivity contribution in [2.24, 2.45) is 5.92 Å². The highest BCUT2D eigenvalue weighted by molar-refractivity contribution is 5.78. The normalized spacial score (nSPS) is 25.1. The number of rotatable bonds is 7. The highest BCUT2D eigenvalue weighted by Gasteiger charge is 2.31. The quantitative estimate of drug-likeness (QED) is 0.611. The van der Waals surface area contributed by atoms with Gasteiger partial charge in [-0.25, -0.2) is 0 Å². The molecule has 100 valence electrons. The average Bonchev–Trinajstić information content (AvgIpc) is 2.65. The number of ether oxygens (including phenoxy) is 1. The lowest BCUT2D eigenvalue weighted by atomic mass is 10.0.